The van der Waals surface area contributed by atoms with Crippen LogP contribution in [0.3, 0.4) is 0 Å². The average Bonchev–Trinajstić information content (AvgIpc) is 2.54. The Hall–Kier alpha value is -1.26. The molecule has 0 aliphatic carbocycles. The van der Waals surface area contributed by atoms with Gasteiger partial charge in [0.2, 0.25) is 5.91 Å². The van der Waals surface area contributed by atoms with Gasteiger partial charge < -0.3 is 15.3 Å². The number of carbonyl (C=O) groups is 1. The molecular formula is C12H15ClN2O2. The van der Waals surface area contributed by atoms with Crippen LogP contribution in [0.4, 0.5) is 5.69 Å². The van der Waals surface area contributed by atoms with E-state index in [1.54, 1.807) is 6.07 Å². The number of nitrogens with zero attached hydrogens (tertiary/aromatic N) is 1. The number of aliphatic hydroxyl groups is 1. The fraction of sp³-hybridized carbons (Fsp3) is 0.417. The van der Waals surface area contributed by atoms with Crippen LogP contribution >= 0.6 is 11.6 Å². The highest BCUT2D eigenvalue weighted by Crippen LogP contribution is 2.30. The van der Waals surface area contributed by atoms with Crippen LogP contribution in [0.1, 0.15) is 12.0 Å². The van der Waals surface area contributed by atoms with Crippen molar-refractivity contribution in [1.29, 1.82) is 0 Å². The number of para-hydroxylation sites is 1. The second-order valence-electron chi connectivity index (χ2n) is 3.99. The highest BCUT2D eigenvalue weighted by Gasteiger charge is 2.18. The van der Waals surface area contributed by atoms with Crippen molar-refractivity contribution in [3.05, 3.63) is 28.8 Å². The minimum absolute atomic E-state index is 0.0478. The maximum atomic E-state index is 11.3. The first-order valence-corrected chi connectivity index (χ1v) is 6.00. The van der Waals surface area contributed by atoms with Crippen LogP contribution in [0.15, 0.2) is 18.2 Å². The molecule has 0 saturated carbocycles. The van der Waals surface area contributed by atoms with E-state index in [0.29, 0.717) is 31.1 Å². The lowest BCUT2D eigenvalue weighted by atomic mass is 10.1. The first kappa shape index (κ1) is 12.2. The molecule has 2 N–H and O–H groups in total. The van der Waals surface area contributed by atoms with E-state index in [2.05, 4.69) is 5.32 Å². The minimum atomic E-state index is -0.0478. The highest BCUT2D eigenvalue weighted by atomic mass is 35.5. The summed E-state index contributed by atoms with van der Waals surface area (Å²) in [4.78, 5) is 13.3. The van der Waals surface area contributed by atoms with E-state index in [9.17, 15) is 9.90 Å². The van der Waals surface area contributed by atoms with Gasteiger partial charge >= 0.3 is 0 Å². The summed E-state index contributed by atoms with van der Waals surface area (Å²) in [5.41, 5.74) is 1.64. The Kier molecular flexibility index (Phi) is 3.86. The fourth-order valence-corrected chi connectivity index (χ4v) is 2.35. The van der Waals surface area contributed by atoms with Crippen LogP contribution in [0.2, 0.25) is 5.02 Å². The molecule has 5 heteroatoms. The van der Waals surface area contributed by atoms with Gasteiger partial charge in [-0.2, -0.15) is 0 Å². The largest absolute Gasteiger partial charge is 0.392 e. The Morgan fingerprint density at radius 2 is 2.24 bits per heavy atom. The molecule has 0 unspecified atom stereocenters. The maximum Gasteiger partial charge on any atom is 0.221 e. The van der Waals surface area contributed by atoms with E-state index < -0.39 is 0 Å². The fourth-order valence-electron chi connectivity index (χ4n) is 2.03. The van der Waals surface area contributed by atoms with Gasteiger partial charge in [-0.15, -0.1) is 0 Å². The summed E-state index contributed by atoms with van der Waals surface area (Å²) >= 11 is 6.17. The Labute approximate surface area is 105 Å². The van der Waals surface area contributed by atoms with Crippen LogP contribution < -0.4 is 10.2 Å². The molecular weight excluding hydrogens is 240 g/mol. The molecule has 1 saturated heterocycles. The van der Waals surface area contributed by atoms with Gasteiger partial charge in [-0.1, -0.05) is 23.7 Å². The predicted molar refractivity (Wildman–Crippen MR) is 67.2 cm³/mol. The van der Waals surface area contributed by atoms with Gasteiger partial charge in [-0.3, -0.25) is 4.79 Å². The lowest BCUT2D eigenvalue weighted by Crippen LogP contribution is -2.29. The number of carbonyl (C=O) groups excluding carboxylic acids is 1. The van der Waals surface area contributed by atoms with Crippen molar-refractivity contribution in [2.75, 3.05) is 24.5 Å². The van der Waals surface area contributed by atoms with Crippen molar-refractivity contribution in [2.24, 2.45) is 0 Å². The number of amides is 1. The summed E-state index contributed by atoms with van der Waals surface area (Å²) in [6.45, 7) is 1.90. The van der Waals surface area contributed by atoms with Gasteiger partial charge in [-0.05, 0) is 6.07 Å². The number of aliphatic hydroxyl groups excluding tert-OH is 1. The second-order valence-corrected chi connectivity index (χ2v) is 4.40. The van der Waals surface area contributed by atoms with E-state index in [1.807, 2.05) is 17.0 Å². The molecule has 1 heterocycles. The molecule has 0 atom stereocenters. The van der Waals surface area contributed by atoms with Gasteiger partial charge in [0.25, 0.3) is 0 Å². The zero-order chi connectivity index (χ0) is 12.3. The Morgan fingerprint density at radius 1 is 1.41 bits per heavy atom. The number of hydrogen-bond donors (Lipinski definition) is 2. The third-order valence-corrected chi connectivity index (χ3v) is 3.17. The van der Waals surface area contributed by atoms with Crippen LogP contribution in [-0.2, 0) is 11.4 Å². The Balaban J connectivity index is 2.29. The highest BCUT2D eigenvalue weighted by molar-refractivity contribution is 6.33. The van der Waals surface area contributed by atoms with Crippen LogP contribution in [0.25, 0.3) is 0 Å². The Bertz CT molecular complexity index is 423. The summed E-state index contributed by atoms with van der Waals surface area (Å²) in [6, 6.07) is 5.47. The summed E-state index contributed by atoms with van der Waals surface area (Å²) in [5.74, 6) is 0.0603. The summed E-state index contributed by atoms with van der Waals surface area (Å²) in [5, 5.41) is 12.8. The monoisotopic (exact) mass is 254 g/mol. The van der Waals surface area contributed by atoms with Crippen molar-refractivity contribution in [3.63, 3.8) is 0 Å². The van der Waals surface area contributed by atoms with E-state index in [1.165, 1.54) is 0 Å². The molecule has 2 rings (SSSR count). The van der Waals surface area contributed by atoms with Crippen LogP contribution in [0, 0.1) is 0 Å². The molecule has 1 aliphatic rings. The molecule has 0 aromatic heterocycles. The molecule has 0 bridgehead atoms. The zero-order valence-corrected chi connectivity index (χ0v) is 10.2. The van der Waals surface area contributed by atoms with Crippen molar-refractivity contribution < 1.29 is 9.90 Å². The predicted octanol–water partition coefficient (Wildman–Crippen LogP) is 1.16. The molecule has 0 spiro atoms. The number of rotatable bonds is 2. The third kappa shape index (κ3) is 2.70. The van der Waals surface area contributed by atoms with Crippen LogP contribution in [-0.4, -0.2) is 30.6 Å². The lowest BCUT2D eigenvalue weighted by molar-refractivity contribution is -0.120. The van der Waals surface area contributed by atoms with Crippen molar-refractivity contribution in [1.82, 2.24) is 5.32 Å². The SMILES string of the molecule is O=C1CCN(c2c(Cl)cccc2CO)CCN1. The second kappa shape index (κ2) is 5.38. The molecule has 1 aliphatic heterocycles. The van der Waals surface area contributed by atoms with Gasteiger partial charge in [0, 0.05) is 31.6 Å². The number of nitrogens with one attached hydrogen (secondary N) is 1. The molecule has 4 nitrogen and oxygen atoms in total. The topological polar surface area (TPSA) is 52.6 Å². The summed E-state index contributed by atoms with van der Waals surface area (Å²) < 4.78 is 0. The first-order chi connectivity index (χ1) is 8.22. The lowest BCUT2D eigenvalue weighted by Gasteiger charge is -2.25. The number of halogens is 1. The quantitative estimate of drug-likeness (QED) is 0.833. The molecule has 1 fully saturated rings. The van der Waals surface area contributed by atoms with Crippen molar-refractivity contribution in [3.8, 4) is 0 Å². The Morgan fingerprint density at radius 3 is 3.00 bits per heavy atom. The van der Waals surface area contributed by atoms with E-state index in [0.717, 1.165) is 11.3 Å². The van der Waals surface area contributed by atoms with Crippen LogP contribution in [0.5, 0.6) is 0 Å². The number of benzene rings is 1. The molecule has 0 radical (unpaired) electrons. The minimum Gasteiger partial charge on any atom is -0.392 e. The molecule has 17 heavy (non-hydrogen) atoms. The smallest absolute Gasteiger partial charge is 0.221 e. The molecule has 1 amide bonds. The average molecular weight is 255 g/mol. The number of hydrogen-bond acceptors (Lipinski definition) is 3. The molecule has 92 valence electrons. The van der Waals surface area contributed by atoms with E-state index >= 15 is 0 Å². The molecule has 1 aromatic carbocycles. The summed E-state index contributed by atoms with van der Waals surface area (Å²) in [7, 11) is 0. The van der Waals surface area contributed by atoms with Crippen molar-refractivity contribution >= 4 is 23.2 Å². The zero-order valence-electron chi connectivity index (χ0n) is 9.45. The van der Waals surface area contributed by atoms with Gasteiger partial charge in [0.15, 0.2) is 0 Å². The van der Waals surface area contributed by atoms with E-state index in [4.69, 9.17) is 11.6 Å². The van der Waals surface area contributed by atoms with E-state index in [-0.39, 0.29) is 12.5 Å². The van der Waals surface area contributed by atoms with Gasteiger partial charge in [-0.25, -0.2) is 0 Å². The number of anilines is 1. The van der Waals surface area contributed by atoms with Gasteiger partial charge in [0.1, 0.15) is 0 Å². The molecule has 1 aromatic rings. The normalized spacial score (nSPS) is 16.6. The standard InChI is InChI=1S/C12H15ClN2O2/c13-10-3-1-2-9(8-16)12(10)15-6-4-11(17)14-5-7-15/h1-3,16H,4-8H2,(H,14,17). The maximum absolute atomic E-state index is 11.3. The first-order valence-electron chi connectivity index (χ1n) is 5.62. The van der Waals surface area contributed by atoms with Crippen molar-refractivity contribution in [2.45, 2.75) is 13.0 Å². The third-order valence-electron chi connectivity index (χ3n) is 2.87. The van der Waals surface area contributed by atoms with Gasteiger partial charge in [0.05, 0.1) is 17.3 Å². The summed E-state index contributed by atoms with van der Waals surface area (Å²) in [6.07, 6.45) is 0.454.